The van der Waals surface area contributed by atoms with Crippen molar-refractivity contribution >= 4 is 23.2 Å². The maximum atomic E-state index is 6.11. The van der Waals surface area contributed by atoms with E-state index in [2.05, 4.69) is 22.9 Å². The molecule has 0 unspecified atom stereocenters. The van der Waals surface area contributed by atoms with Gasteiger partial charge in [0.2, 0.25) is 0 Å². The van der Waals surface area contributed by atoms with Crippen LogP contribution >= 0.6 is 23.2 Å². The molecule has 2 atom stereocenters. The van der Waals surface area contributed by atoms with Gasteiger partial charge in [0, 0.05) is 32.2 Å². The lowest BCUT2D eigenvalue weighted by Crippen LogP contribution is -2.43. The molecule has 1 aromatic rings. The van der Waals surface area contributed by atoms with Gasteiger partial charge in [0.1, 0.15) is 0 Å². The lowest BCUT2D eigenvalue weighted by Gasteiger charge is -2.36. The van der Waals surface area contributed by atoms with E-state index in [-0.39, 0.29) is 0 Å². The summed E-state index contributed by atoms with van der Waals surface area (Å²) in [4.78, 5) is 5.11. The number of halogens is 2. The summed E-state index contributed by atoms with van der Waals surface area (Å²) in [7, 11) is 2.24. The Hall–Kier alpha value is -0.280. The lowest BCUT2D eigenvalue weighted by atomic mass is 9.94. The topological polar surface area (TPSA) is 6.48 Å². The average Bonchev–Trinajstić information content (AvgIpc) is 2.63. The highest BCUT2D eigenvalue weighted by Crippen LogP contribution is 2.30. The van der Waals surface area contributed by atoms with Gasteiger partial charge in [-0.05, 0) is 43.5 Å². The molecule has 0 radical (unpaired) electrons. The van der Waals surface area contributed by atoms with Gasteiger partial charge < -0.3 is 4.90 Å². The van der Waals surface area contributed by atoms with Gasteiger partial charge in [-0.1, -0.05) is 29.3 Å². The van der Waals surface area contributed by atoms with E-state index in [9.17, 15) is 0 Å². The van der Waals surface area contributed by atoms with Crippen molar-refractivity contribution in [1.82, 2.24) is 9.80 Å². The molecule has 2 bridgehead atoms. The van der Waals surface area contributed by atoms with Gasteiger partial charge in [-0.25, -0.2) is 0 Å². The minimum atomic E-state index is 0.641. The fourth-order valence-corrected chi connectivity index (χ4v) is 3.80. The molecule has 3 saturated heterocycles. The predicted molar refractivity (Wildman–Crippen MR) is 80.9 cm³/mol. The van der Waals surface area contributed by atoms with E-state index in [1.165, 1.54) is 38.0 Å². The Morgan fingerprint density at radius 3 is 2.74 bits per heavy atom. The van der Waals surface area contributed by atoms with Crippen molar-refractivity contribution in [3.8, 4) is 0 Å². The van der Waals surface area contributed by atoms with Crippen LogP contribution in [0.4, 0.5) is 0 Å². The first kappa shape index (κ1) is 13.7. The number of piperidine rings is 1. The third-order valence-electron chi connectivity index (χ3n) is 4.38. The Labute approximate surface area is 125 Å². The maximum absolute atomic E-state index is 6.11. The summed E-state index contributed by atoms with van der Waals surface area (Å²) in [6, 6.07) is 6.70. The van der Waals surface area contributed by atoms with Gasteiger partial charge >= 0.3 is 0 Å². The molecule has 3 aliphatic rings. The van der Waals surface area contributed by atoms with Crippen molar-refractivity contribution in [2.24, 2.45) is 5.92 Å². The van der Waals surface area contributed by atoms with Crippen molar-refractivity contribution < 1.29 is 0 Å². The molecule has 0 aromatic heterocycles. The zero-order valence-electron chi connectivity index (χ0n) is 11.3. The van der Waals surface area contributed by atoms with E-state index in [4.69, 9.17) is 23.2 Å². The van der Waals surface area contributed by atoms with Crippen LogP contribution in [0.3, 0.4) is 0 Å². The molecular weight excluding hydrogens is 279 g/mol. The molecule has 19 heavy (non-hydrogen) atoms. The van der Waals surface area contributed by atoms with Crippen LogP contribution in [0.2, 0.25) is 10.0 Å². The van der Waals surface area contributed by atoms with Crippen LogP contribution in [0.5, 0.6) is 0 Å². The molecule has 1 aromatic carbocycles. The van der Waals surface area contributed by atoms with Crippen LogP contribution in [0.25, 0.3) is 0 Å². The molecule has 0 saturated carbocycles. The first-order valence-electron chi connectivity index (χ1n) is 6.98. The van der Waals surface area contributed by atoms with E-state index in [0.717, 1.165) is 12.5 Å². The minimum absolute atomic E-state index is 0.641. The Morgan fingerprint density at radius 1 is 1.11 bits per heavy atom. The van der Waals surface area contributed by atoms with Crippen molar-refractivity contribution in [2.45, 2.75) is 25.4 Å². The molecule has 0 N–H and O–H groups in total. The fourth-order valence-electron chi connectivity index (χ4n) is 3.48. The number of benzene rings is 1. The number of hydrogen-bond acceptors (Lipinski definition) is 2. The van der Waals surface area contributed by atoms with Crippen molar-refractivity contribution in [1.29, 1.82) is 0 Å². The van der Waals surface area contributed by atoms with Crippen LogP contribution in [0, 0.1) is 5.92 Å². The summed E-state index contributed by atoms with van der Waals surface area (Å²) in [5, 5.41) is 1.30. The quantitative estimate of drug-likeness (QED) is 0.824. The van der Waals surface area contributed by atoms with E-state index in [1.807, 2.05) is 12.1 Å². The second kappa shape index (κ2) is 5.61. The molecule has 0 aliphatic carbocycles. The maximum Gasteiger partial charge on any atom is 0.0595 e. The molecule has 3 aliphatic heterocycles. The third-order valence-corrected chi connectivity index (χ3v) is 5.12. The molecule has 104 valence electrons. The second-order valence-corrected chi connectivity index (χ2v) is 6.81. The summed E-state index contributed by atoms with van der Waals surface area (Å²) in [5.41, 5.74) is 1.27. The summed E-state index contributed by atoms with van der Waals surface area (Å²) in [6.07, 6.45) is 2.71. The molecule has 4 rings (SSSR count). The lowest BCUT2D eigenvalue weighted by molar-refractivity contribution is 0.124. The van der Waals surface area contributed by atoms with Crippen LogP contribution in [-0.4, -0.2) is 42.5 Å². The van der Waals surface area contributed by atoms with Gasteiger partial charge in [-0.15, -0.1) is 0 Å². The first-order chi connectivity index (χ1) is 9.11. The summed E-state index contributed by atoms with van der Waals surface area (Å²) < 4.78 is 0. The minimum Gasteiger partial charge on any atom is -0.304 e. The van der Waals surface area contributed by atoms with Crippen LogP contribution in [0.1, 0.15) is 18.4 Å². The Bertz CT molecular complexity index is 463. The average molecular weight is 299 g/mol. The first-order valence-corrected chi connectivity index (χ1v) is 7.74. The standard InChI is InChI=1S/C15H20Cl2N2/c1-18-7-12-2-4-13(10-18)19(9-12)8-11-3-5-14(16)15(17)6-11/h3,5-6,12-13H,2,4,7-10H2,1H3/t12-,13+/m0/s1. The van der Waals surface area contributed by atoms with E-state index in [1.54, 1.807) is 0 Å². The predicted octanol–water partition coefficient (Wildman–Crippen LogP) is 3.52. The largest absolute Gasteiger partial charge is 0.304 e. The van der Waals surface area contributed by atoms with Crippen molar-refractivity contribution in [2.75, 3.05) is 26.7 Å². The summed E-state index contributed by atoms with van der Waals surface area (Å²) >= 11 is 12.1. The zero-order valence-corrected chi connectivity index (χ0v) is 12.8. The number of nitrogens with zero attached hydrogens (tertiary/aromatic N) is 2. The van der Waals surface area contributed by atoms with Gasteiger partial charge in [0.05, 0.1) is 10.0 Å². The number of rotatable bonds is 2. The Morgan fingerprint density at radius 2 is 1.95 bits per heavy atom. The molecule has 3 heterocycles. The number of likely N-dealkylation sites (N-methyl/N-ethyl adjacent to an activating group) is 1. The summed E-state index contributed by atoms with van der Waals surface area (Å²) in [5.74, 6) is 0.825. The molecule has 3 fully saturated rings. The van der Waals surface area contributed by atoms with E-state index < -0.39 is 0 Å². The molecule has 2 nitrogen and oxygen atoms in total. The van der Waals surface area contributed by atoms with Crippen LogP contribution < -0.4 is 0 Å². The molecule has 4 heteroatoms. The smallest absolute Gasteiger partial charge is 0.0595 e. The second-order valence-electron chi connectivity index (χ2n) is 6.00. The molecule has 0 spiro atoms. The van der Waals surface area contributed by atoms with Gasteiger partial charge in [-0.3, -0.25) is 4.90 Å². The van der Waals surface area contributed by atoms with Gasteiger partial charge in [0.25, 0.3) is 0 Å². The summed E-state index contributed by atoms with van der Waals surface area (Å²) in [6.45, 7) is 4.65. The highest BCUT2D eigenvalue weighted by molar-refractivity contribution is 6.42. The van der Waals surface area contributed by atoms with E-state index >= 15 is 0 Å². The van der Waals surface area contributed by atoms with Crippen molar-refractivity contribution in [3.63, 3.8) is 0 Å². The van der Waals surface area contributed by atoms with E-state index in [0.29, 0.717) is 16.1 Å². The highest BCUT2D eigenvalue weighted by atomic mass is 35.5. The number of fused-ring (bicyclic) bond motifs is 4. The third kappa shape index (κ3) is 3.08. The zero-order chi connectivity index (χ0) is 13.4. The Balaban J connectivity index is 1.74. The number of hydrogen-bond donors (Lipinski definition) is 0. The van der Waals surface area contributed by atoms with Crippen LogP contribution in [-0.2, 0) is 6.54 Å². The highest BCUT2D eigenvalue weighted by Gasteiger charge is 2.33. The van der Waals surface area contributed by atoms with Gasteiger partial charge in [-0.2, -0.15) is 0 Å². The fraction of sp³-hybridized carbons (Fsp3) is 0.600. The SMILES string of the molecule is CN1C[C@@H]2CC[C@H](C1)N(Cc1ccc(Cl)c(Cl)c1)C2. The normalized spacial score (nSPS) is 28.6. The van der Waals surface area contributed by atoms with Gasteiger partial charge in [0.15, 0.2) is 0 Å². The molecular formula is C15H20Cl2N2. The monoisotopic (exact) mass is 298 g/mol. The molecule has 0 amide bonds. The Kier molecular flexibility index (Phi) is 4.04. The van der Waals surface area contributed by atoms with Crippen LogP contribution in [0.15, 0.2) is 18.2 Å². The van der Waals surface area contributed by atoms with Crippen molar-refractivity contribution in [3.05, 3.63) is 33.8 Å².